The van der Waals surface area contributed by atoms with Crippen LogP contribution in [0.15, 0.2) is 47.2 Å². The third kappa shape index (κ3) is 2.40. The van der Waals surface area contributed by atoms with Crippen molar-refractivity contribution in [2.75, 3.05) is 13.1 Å². The first-order chi connectivity index (χ1) is 11.2. The molecular formula is C16H15N5O2. The summed E-state index contributed by atoms with van der Waals surface area (Å²) in [4.78, 5) is 14.1. The second kappa shape index (κ2) is 5.35. The van der Waals surface area contributed by atoms with E-state index in [1.54, 1.807) is 11.8 Å². The average Bonchev–Trinajstić information content (AvgIpc) is 3.16. The summed E-state index contributed by atoms with van der Waals surface area (Å²) in [6, 6.07) is 10.1. The lowest BCUT2D eigenvalue weighted by atomic mass is 10.1. The van der Waals surface area contributed by atoms with Crippen LogP contribution in [0, 0.1) is 6.92 Å². The molecule has 3 aromatic rings. The van der Waals surface area contributed by atoms with Crippen molar-refractivity contribution in [2.45, 2.75) is 13.0 Å². The van der Waals surface area contributed by atoms with Crippen LogP contribution in [0.25, 0.3) is 11.3 Å². The highest BCUT2D eigenvalue weighted by Gasteiger charge is 2.34. The van der Waals surface area contributed by atoms with Crippen molar-refractivity contribution in [2.24, 2.45) is 0 Å². The minimum Gasteiger partial charge on any atom is -0.361 e. The molecule has 23 heavy (non-hydrogen) atoms. The molecule has 0 radical (unpaired) electrons. The maximum Gasteiger partial charge on any atom is 0.259 e. The molecule has 0 spiro atoms. The number of aromatic nitrogens is 4. The highest BCUT2D eigenvalue weighted by molar-refractivity contribution is 5.95. The van der Waals surface area contributed by atoms with Crippen molar-refractivity contribution in [1.29, 1.82) is 0 Å². The zero-order valence-electron chi connectivity index (χ0n) is 12.6. The molecule has 1 amide bonds. The van der Waals surface area contributed by atoms with E-state index in [9.17, 15) is 4.79 Å². The van der Waals surface area contributed by atoms with Crippen LogP contribution in [0.1, 0.15) is 22.2 Å². The third-order valence-corrected chi connectivity index (χ3v) is 4.08. The maximum atomic E-state index is 12.3. The van der Waals surface area contributed by atoms with Crippen LogP contribution in [0.3, 0.4) is 0 Å². The van der Waals surface area contributed by atoms with Gasteiger partial charge in [-0.3, -0.25) is 4.79 Å². The van der Waals surface area contributed by atoms with Gasteiger partial charge in [0.1, 0.15) is 17.0 Å². The normalized spacial score (nSPS) is 14.7. The minimum atomic E-state index is -0.0524. The molecule has 3 heterocycles. The van der Waals surface area contributed by atoms with Crippen molar-refractivity contribution in [1.82, 2.24) is 25.1 Å². The van der Waals surface area contributed by atoms with Gasteiger partial charge >= 0.3 is 0 Å². The molecule has 1 aromatic carbocycles. The Balaban J connectivity index is 1.44. The van der Waals surface area contributed by atoms with E-state index in [2.05, 4.69) is 15.5 Å². The van der Waals surface area contributed by atoms with Crippen LogP contribution in [0.2, 0.25) is 0 Å². The molecule has 1 fully saturated rings. The summed E-state index contributed by atoms with van der Waals surface area (Å²) in [6.45, 7) is 2.96. The fraction of sp³-hybridized carbons (Fsp3) is 0.250. The van der Waals surface area contributed by atoms with Gasteiger partial charge in [-0.1, -0.05) is 40.7 Å². The van der Waals surface area contributed by atoms with Crippen molar-refractivity contribution in [3.63, 3.8) is 0 Å². The Hall–Kier alpha value is -2.96. The van der Waals surface area contributed by atoms with Crippen molar-refractivity contribution >= 4 is 5.91 Å². The van der Waals surface area contributed by atoms with Gasteiger partial charge in [-0.05, 0) is 6.92 Å². The number of amides is 1. The van der Waals surface area contributed by atoms with E-state index in [0.29, 0.717) is 24.4 Å². The van der Waals surface area contributed by atoms with Crippen LogP contribution >= 0.6 is 0 Å². The van der Waals surface area contributed by atoms with E-state index in [-0.39, 0.29) is 11.9 Å². The number of carbonyl (C=O) groups is 1. The summed E-state index contributed by atoms with van der Waals surface area (Å²) in [5.74, 6) is 0.494. The number of carbonyl (C=O) groups excluding carboxylic acids is 1. The van der Waals surface area contributed by atoms with Gasteiger partial charge in [0, 0.05) is 18.7 Å². The summed E-state index contributed by atoms with van der Waals surface area (Å²) >= 11 is 0. The molecule has 0 unspecified atom stereocenters. The molecule has 2 aromatic heterocycles. The molecule has 1 aliphatic rings. The fourth-order valence-corrected chi connectivity index (χ4v) is 2.66. The van der Waals surface area contributed by atoms with Gasteiger partial charge in [0.25, 0.3) is 5.91 Å². The highest BCUT2D eigenvalue weighted by Crippen LogP contribution is 2.25. The minimum absolute atomic E-state index is 0.0524. The summed E-state index contributed by atoms with van der Waals surface area (Å²) in [6.07, 6.45) is 3.39. The number of rotatable bonds is 3. The van der Waals surface area contributed by atoms with Crippen molar-refractivity contribution < 1.29 is 9.32 Å². The van der Waals surface area contributed by atoms with E-state index < -0.39 is 0 Å². The van der Waals surface area contributed by atoms with Crippen LogP contribution in [0.4, 0.5) is 0 Å². The molecule has 7 heteroatoms. The van der Waals surface area contributed by atoms with Gasteiger partial charge in [-0.15, -0.1) is 5.10 Å². The average molecular weight is 309 g/mol. The predicted molar refractivity (Wildman–Crippen MR) is 81.6 cm³/mol. The van der Waals surface area contributed by atoms with Crippen molar-refractivity contribution in [3.05, 3.63) is 54.0 Å². The summed E-state index contributed by atoms with van der Waals surface area (Å²) in [7, 11) is 0. The standard InChI is InChI=1S/C16H15N5O2/c1-11-14(7-17-23-11)16(22)20-8-13(9-20)21-10-15(18-19-21)12-5-3-2-4-6-12/h2-7,10,13H,8-9H2,1H3. The lowest BCUT2D eigenvalue weighted by Gasteiger charge is -2.38. The number of hydrogen-bond donors (Lipinski definition) is 0. The van der Waals surface area contributed by atoms with Gasteiger partial charge in [0.2, 0.25) is 0 Å². The number of aryl methyl sites for hydroxylation is 1. The Kier molecular flexibility index (Phi) is 3.18. The Morgan fingerprint density at radius 1 is 1.26 bits per heavy atom. The lowest BCUT2D eigenvalue weighted by molar-refractivity contribution is 0.0496. The molecule has 0 aliphatic carbocycles. The lowest BCUT2D eigenvalue weighted by Crippen LogP contribution is -2.51. The molecule has 4 rings (SSSR count). The van der Waals surface area contributed by atoms with Crippen LogP contribution in [0.5, 0.6) is 0 Å². The first-order valence-electron chi connectivity index (χ1n) is 7.40. The Morgan fingerprint density at radius 2 is 2.04 bits per heavy atom. The van der Waals surface area contributed by atoms with E-state index in [1.165, 1.54) is 6.20 Å². The summed E-state index contributed by atoms with van der Waals surface area (Å²) < 4.78 is 6.77. The molecule has 1 saturated heterocycles. The molecule has 0 saturated carbocycles. The number of hydrogen-bond acceptors (Lipinski definition) is 5. The molecule has 0 atom stereocenters. The smallest absolute Gasteiger partial charge is 0.259 e. The molecule has 1 aliphatic heterocycles. The number of nitrogens with zero attached hydrogens (tertiary/aromatic N) is 5. The quantitative estimate of drug-likeness (QED) is 0.739. The van der Waals surface area contributed by atoms with Crippen LogP contribution < -0.4 is 0 Å². The SMILES string of the molecule is Cc1oncc1C(=O)N1CC(n2cc(-c3ccccc3)nn2)C1. The molecule has 0 bridgehead atoms. The van der Waals surface area contributed by atoms with E-state index in [4.69, 9.17) is 4.52 Å². The number of likely N-dealkylation sites (tertiary alicyclic amines) is 1. The van der Waals surface area contributed by atoms with E-state index >= 15 is 0 Å². The largest absolute Gasteiger partial charge is 0.361 e. The second-order valence-electron chi connectivity index (χ2n) is 5.61. The Morgan fingerprint density at radius 3 is 2.74 bits per heavy atom. The van der Waals surface area contributed by atoms with Gasteiger partial charge in [0.15, 0.2) is 0 Å². The predicted octanol–water partition coefficient (Wildman–Crippen LogP) is 1.94. The van der Waals surface area contributed by atoms with Crippen molar-refractivity contribution in [3.8, 4) is 11.3 Å². The van der Waals surface area contributed by atoms with Gasteiger partial charge in [0.05, 0.1) is 18.4 Å². The first kappa shape index (κ1) is 13.7. The van der Waals surface area contributed by atoms with Crippen LogP contribution in [-0.2, 0) is 0 Å². The van der Waals surface area contributed by atoms with E-state index in [0.717, 1.165) is 11.3 Å². The van der Waals surface area contributed by atoms with Gasteiger partial charge in [-0.25, -0.2) is 4.68 Å². The Labute approximate surface area is 132 Å². The second-order valence-corrected chi connectivity index (χ2v) is 5.61. The molecule has 116 valence electrons. The maximum absolute atomic E-state index is 12.3. The Bertz CT molecular complexity index is 833. The first-order valence-corrected chi connectivity index (χ1v) is 7.40. The highest BCUT2D eigenvalue weighted by atomic mass is 16.5. The van der Waals surface area contributed by atoms with Gasteiger partial charge in [-0.2, -0.15) is 0 Å². The topological polar surface area (TPSA) is 77.0 Å². The van der Waals surface area contributed by atoms with Crippen LogP contribution in [-0.4, -0.2) is 44.0 Å². The zero-order chi connectivity index (χ0) is 15.8. The number of benzene rings is 1. The monoisotopic (exact) mass is 309 g/mol. The third-order valence-electron chi connectivity index (χ3n) is 4.08. The summed E-state index contributed by atoms with van der Waals surface area (Å²) in [5, 5.41) is 12.0. The molecule has 0 N–H and O–H groups in total. The molecular weight excluding hydrogens is 294 g/mol. The summed E-state index contributed by atoms with van der Waals surface area (Å²) in [5.41, 5.74) is 2.39. The van der Waals surface area contributed by atoms with E-state index in [1.807, 2.05) is 41.2 Å². The van der Waals surface area contributed by atoms with Gasteiger partial charge < -0.3 is 9.42 Å². The molecule has 7 nitrogen and oxygen atoms in total. The fourth-order valence-electron chi connectivity index (χ4n) is 2.66. The zero-order valence-corrected chi connectivity index (χ0v) is 12.6.